The van der Waals surface area contributed by atoms with Crippen LogP contribution in [0.2, 0.25) is 0 Å². The van der Waals surface area contributed by atoms with Crippen molar-refractivity contribution >= 4 is 5.78 Å². The number of benzene rings is 1. The lowest BCUT2D eigenvalue weighted by Gasteiger charge is -2.16. The zero-order valence-corrected chi connectivity index (χ0v) is 14.1. The summed E-state index contributed by atoms with van der Waals surface area (Å²) in [5.74, 6) is 0.261. The smallest absolute Gasteiger partial charge is 0.161 e. The molecule has 0 amide bonds. The van der Waals surface area contributed by atoms with Crippen molar-refractivity contribution in [2.24, 2.45) is 5.92 Å². The Balaban J connectivity index is 2.35. The maximum Gasteiger partial charge on any atom is 0.161 e. The summed E-state index contributed by atoms with van der Waals surface area (Å²) in [6.45, 7) is 4.41. The number of hydrogen-bond donors (Lipinski definition) is 1. The Morgan fingerprint density at radius 2 is 2.04 bits per heavy atom. The van der Waals surface area contributed by atoms with E-state index in [9.17, 15) is 9.90 Å². The van der Waals surface area contributed by atoms with Crippen LogP contribution >= 0.6 is 0 Å². The summed E-state index contributed by atoms with van der Waals surface area (Å²) in [6.07, 6.45) is 6.51. The first kappa shape index (κ1) is 19.1. The minimum absolute atomic E-state index is 0.0830. The SMILES string of the molecule is C/C=C/C=C/C(=O)[C@@H](C)[C@H](O)CCOCc1ccccc1OC. The zero-order valence-electron chi connectivity index (χ0n) is 14.1. The van der Waals surface area contributed by atoms with Gasteiger partial charge in [-0.25, -0.2) is 0 Å². The summed E-state index contributed by atoms with van der Waals surface area (Å²) in [6, 6.07) is 7.65. The lowest BCUT2D eigenvalue weighted by Crippen LogP contribution is -2.25. The van der Waals surface area contributed by atoms with Crippen LogP contribution in [0.15, 0.2) is 48.6 Å². The van der Waals surface area contributed by atoms with Gasteiger partial charge in [0.05, 0.1) is 19.8 Å². The molecule has 1 N–H and O–H groups in total. The van der Waals surface area contributed by atoms with E-state index in [0.29, 0.717) is 19.6 Å². The van der Waals surface area contributed by atoms with Crippen LogP contribution < -0.4 is 4.74 Å². The van der Waals surface area contributed by atoms with Gasteiger partial charge in [-0.1, -0.05) is 43.4 Å². The fourth-order valence-corrected chi connectivity index (χ4v) is 2.06. The second-order valence-electron chi connectivity index (χ2n) is 5.30. The van der Waals surface area contributed by atoms with Crippen molar-refractivity contribution in [1.29, 1.82) is 0 Å². The normalized spacial score (nSPS) is 14.3. The largest absolute Gasteiger partial charge is 0.496 e. The Labute approximate surface area is 138 Å². The molecular weight excluding hydrogens is 292 g/mol. The van der Waals surface area contributed by atoms with E-state index in [1.54, 1.807) is 26.2 Å². The van der Waals surface area contributed by atoms with Crippen molar-refractivity contribution < 1.29 is 19.4 Å². The number of carbonyl (C=O) groups excluding carboxylic acids is 1. The first-order valence-corrected chi connectivity index (χ1v) is 7.81. The van der Waals surface area contributed by atoms with Gasteiger partial charge in [0, 0.05) is 18.1 Å². The van der Waals surface area contributed by atoms with E-state index in [-0.39, 0.29) is 5.78 Å². The molecule has 0 unspecified atom stereocenters. The summed E-state index contributed by atoms with van der Waals surface area (Å²) < 4.78 is 10.8. The van der Waals surface area contributed by atoms with Crippen molar-refractivity contribution in [2.45, 2.75) is 33.0 Å². The molecule has 2 atom stereocenters. The van der Waals surface area contributed by atoms with Crippen molar-refractivity contribution in [2.75, 3.05) is 13.7 Å². The van der Waals surface area contributed by atoms with Gasteiger partial charge in [0.1, 0.15) is 5.75 Å². The van der Waals surface area contributed by atoms with E-state index in [4.69, 9.17) is 9.47 Å². The van der Waals surface area contributed by atoms with Crippen LogP contribution in [0.25, 0.3) is 0 Å². The fraction of sp³-hybridized carbons (Fsp3) is 0.421. The molecule has 1 aromatic carbocycles. The molecule has 0 aliphatic heterocycles. The highest BCUT2D eigenvalue weighted by atomic mass is 16.5. The number of hydrogen-bond acceptors (Lipinski definition) is 4. The van der Waals surface area contributed by atoms with Gasteiger partial charge in [-0.3, -0.25) is 4.79 Å². The summed E-state index contributed by atoms with van der Waals surface area (Å²) in [7, 11) is 1.62. The second-order valence-corrected chi connectivity index (χ2v) is 5.30. The molecule has 0 fully saturated rings. The number of aliphatic hydroxyl groups is 1. The van der Waals surface area contributed by atoms with Crippen LogP contribution in [0.3, 0.4) is 0 Å². The molecule has 0 bridgehead atoms. The number of ether oxygens (including phenoxy) is 2. The molecule has 1 rings (SSSR count). The van der Waals surface area contributed by atoms with Gasteiger partial charge < -0.3 is 14.6 Å². The van der Waals surface area contributed by atoms with Gasteiger partial charge in [0.25, 0.3) is 0 Å². The molecule has 4 nitrogen and oxygen atoms in total. The third-order valence-corrected chi connectivity index (χ3v) is 3.60. The number of ketones is 1. The van der Waals surface area contributed by atoms with Crippen LogP contribution in [0.1, 0.15) is 25.8 Å². The summed E-state index contributed by atoms with van der Waals surface area (Å²) >= 11 is 0. The minimum Gasteiger partial charge on any atom is -0.496 e. The first-order valence-electron chi connectivity index (χ1n) is 7.81. The molecule has 0 radical (unpaired) electrons. The highest BCUT2D eigenvalue weighted by molar-refractivity contribution is 5.92. The summed E-state index contributed by atoms with van der Waals surface area (Å²) in [5, 5.41) is 10.1. The molecule has 0 aliphatic rings. The lowest BCUT2D eigenvalue weighted by molar-refractivity contribution is -0.121. The van der Waals surface area contributed by atoms with E-state index in [1.165, 1.54) is 6.08 Å². The molecule has 4 heteroatoms. The molecule has 0 saturated carbocycles. The highest BCUT2D eigenvalue weighted by Gasteiger charge is 2.19. The first-order chi connectivity index (χ1) is 11.1. The highest BCUT2D eigenvalue weighted by Crippen LogP contribution is 2.18. The average Bonchev–Trinajstić information content (AvgIpc) is 2.58. The molecular formula is C19H26O4. The Morgan fingerprint density at radius 1 is 1.30 bits per heavy atom. The monoisotopic (exact) mass is 318 g/mol. The Morgan fingerprint density at radius 3 is 2.74 bits per heavy atom. The number of rotatable bonds is 10. The molecule has 0 saturated heterocycles. The standard InChI is InChI=1S/C19H26O4/c1-4-5-6-10-17(20)15(2)18(21)12-13-23-14-16-9-7-8-11-19(16)22-3/h4-11,15,18,21H,12-14H2,1-3H3/b5-4+,10-6+/t15-,18-/m1/s1. The van der Waals surface area contributed by atoms with Crippen LogP contribution in [0.4, 0.5) is 0 Å². The van der Waals surface area contributed by atoms with Crippen LogP contribution in [0, 0.1) is 5.92 Å². The molecule has 0 aromatic heterocycles. The Bertz CT molecular complexity index is 534. The van der Waals surface area contributed by atoms with Gasteiger partial charge in [0.2, 0.25) is 0 Å². The molecule has 1 aromatic rings. The van der Waals surface area contributed by atoms with E-state index in [0.717, 1.165) is 11.3 Å². The van der Waals surface area contributed by atoms with E-state index in [1.807, 2.05) is 37.3 Å². The maximum atomic E-state index is 11.9. The third-order valence-electron chi connectivity index (χ3n) is 3.60. The van der Waals surface area contributed by atoms with Crippen molar-refractivity contribution in [3.05, 3.63) is 54.1 Å². The van der Waals surface area contributed by atoms with Crippen LogP contribution in [-0.2, 0) is 16.1 Å². The number of carbonyl (C=O) groups is 1. The van der Waals surface area contributed by atoms with Crippen molar-refractivity contribution in [1.82, 2.24) is 0 Å². The minimum atomic E-state index is -0.713. The van der Waals surface area contributed by atoms with Gasteiger partial charge in [-0.2, -0.15) is 0 Å². The predicted octanol–water partition coefficient (Wildman–Crippen LogP) is 3.30. The van der Waals surface area contributed by atoms with Crippen LogP contribution in [-0.4, -0.2) is 30.7 Å². The zero-order chi connectivity index (χ0) is 17.1. The van der Waals surface area contributed by atoms with Gasteiger partial charge in [-0.05, 0) is 25.5 Å². The van der Waals surface area contributed by atoms with Crippen molar-refractivity contribution in [3.8, 4) is 5.75 Å². The van der Waals surface area contributed by atoms with Gasteiger partial charge in [0.15, 0.2) is 5.78 Å². The number of allylic oxidation sites excluding steroid dienone is 4. The Hall–Kier alpha value is -1.91. The number of methoxy groups -OCH3 is 1. The third kappa shape index (κ3) is 6.80. The Kier molecular flexibility index (Phi) is 8.95. The van der Waals surface area contributed by atoms with E-state index < -0.39 is 12.0 Å². The lowest BCUT2D eigenvalue weighted by atomic mass is 9.97. The van der Waals surface area contributed by atoms with E-state index in [2.05, 4.69) is 0 Å². The molecule has 23 heavy (non-hydrogen) atoms. The maximum absolute atomic E-state index is 11.9. The number of para-hydroxylation sites is 1. The average molecular weight is 318 g/mol. The van der Waals surface area contributed by atoms with E-state index >= 15 is 0 Å². The molecule has 0 aliphatic carbocycles. The topological polar surface area (TPSA) is 55.8 Å². The van der Waals surface area contributed by atoms with Gasteiger partial charge in [-0.15, -0.1) is 0 Å². The van der Waals surface area contributed by atoms with Gasteiger partial charge >= 0.3 is 0 Å². The quantitative estimate of drug-likeness (QED) is 0.408. The predicted molar refractivity (Wildman–Crippen MR) is 91.4 cm³/mol. The molecule has 0 spiro atoms. The summed E-state index contributed by atoms with van der Waals surface area (Å²) in [5.41, 5.74) is 0.961. The van der Waals surface area contributed by atoms with Crippen LogP contribution in [0.5, 0.6) is 5.75 Å². The molecule has 0 heterocycles. The fourth-order valence-electron chi connectivity index (χ4n) is 2.06. The molecule has 126 valence electrons. The second kappa shape index (κ2) is 10.8. The van der Waals surface area contributed by atoms with Crippen molar-refractivity contribution in [3.63, 3.8) is 0 Å². The number of aliphatic hydroxyl groups excluding tert-OH is 1. The summed E-state index contributed by atoms with van der Waals surface area (Å²) in [4.78, 5) is 11.9.